The molecule has 0 aromatic heterocycles. The molecule has 0 aliphatic carbocycles. The van der Waals surface area contributed by atoms with Gasteiger partial charge in [0.25, 0.3) is 0 Å². The highest BCUT2D eigenvalue weighted by atomic mass is 127. The lowest BCUT2D eigenvalue weighted by Crippen LogP contribution is -2.18. The molecule has 0 bridgehead atoms. The number of hydrogen-bond donors (Lipinski definition) is 1. The number of benzene rings is 2. The van der Waals surface area contributed by atoms with Gasteiger partial charge in [-0.1, -0.05) is 12.1 Å². The molecule has 98 valence electrons. The van der Waals surface area contributed by atoms with Gasteiger partial charge in [-0.2, -0.15) is 0 Å². The number of rotatable bonds is 1. The van der Waals surface area contributed by atoms with Crippen molar-refractivity contribution in [3.05, 3.63) is 61.4 Å². The van der Waals surface area contributed by atoms with Gasteiger partial charge in [-0.15, -0.1) is 0 Å². The number of halogens is 3. The van der Waals surface area contributed by atoms with Crippen LogP contribution in [-0.2, 0) is 6.42 Å². The highest BCUT2D eigenvalue weighted by molar-refractivity contribution is 14.1. The Hall–Kier alpha value is -0.620. The van der Waals surface area contributed by atoms with Gasteiger partial charge in [0.05, 0.1) is 11.7 Å². The first-order valence-electron chi connectivity index (χ1n) is 6.13. The number of nitrogens with one attached hydrogen (secondary N) is 1. The van der Waals surface area contributed by atoms with Crippen molar-refractivity contribution in [2.45, 2.75) is 18.9 Å². The van der Waals surface area contributed by atoms with Gasteiger partial charge in [0.15, 0.2) is 0 Å². The Kier molecular flexibility index (Phi) is 3.80. The lowest BCUT2D eigenvalue weighted by molar-refractivity contribution is 0.614. The molecular formula is C15H12BrFIN. The Morgan fingerprint density at radius 3 is 2.89 bits per heavy atom. The summed E-state index contributed by atoms with van der Waals surface area (Å²) in [6.45, 7) is 0. The third-order valence-corrected chi connectivity index (χ3v) is 4.66. The molecular weight excluding hydrogens is 420 g/mol. The van der Waals surface area contributed by atoms with Crippen LogP contribution in [0.1, 0.15) is 23.6 Å². The van der Waals surface area contributed by atoms with E-state index in [4.69, 9.17) is 0 Å². The van der Waals surface area contributed by atoms with Crippen LogP contribution >= 0.6 is 38.5 Å². The maximum absolute atomic E-state index is 13.3. The predicted octanol–water partition coefficient (Wildman–Crippen LogP) is 5.29. The van der Waals surface area contributed by atoms with Crippen LogP contribution in [0.5, 0.6) is 0 Å². The minimum atomic E-state index is -0.174. The highest BCUT2D eigenvalue weighted by Gasteiger charge is 2.21. The van der Waals surface area contributed by atoms with Gasteiger partial charge < -0.3 is 5.32 Å². The van der Waals surface area contributed by atoms with Crippen LogP contribution < -0.4 is 5.32 Å². The molecule has 0 fully saturated rings. The average molecular weight is 432 g/mol. The molecule has 1 aliphatic rings. The van der Waals surface area contributed by atoms with E-state index in [0.717, 1.165) is 28.6 Å². The topological polar surface area (TPSA) is 12.0 Å². The minimum absolute atomic E-state index is 0.174. The van der Waals surface area contributed by atoms with Gasteiger partial charge >= 0.3 is 0 Å². The predicted molar refractivity (Wildman–Crippen MR) is 87.9 cm³/mol. The molecule has 4 heteroatoms. The standard InChI is InChI=1S/C15H12BrFIN/c16-13-8-12(18)7-10-4-5-14(19-15(10)13)9-2-1-3-11(17)6-9/h1-3,6-8,14,19H,4-5H2. The minimum Gasteiger partial charge on any atom is -0.377 e. The normalized spacial score (nSPS) is 17.7. The third-order valence-electron chi connectivity index (χ3n) is 3.41. The number of hydrogen-bond acceptors (Lipinski definition) is 1. The molecule has 1 atom stereocenters. The first-order valence-corrected chi connectivity index (χ1v) is 8.00. The molecule has 1 heterocycles. The number of aryl methyl sites for hydroxylation is 1. The van der Waals surface area contributed by atoms with Crippen LogP contribution in [-0.4, -0.2) is 0 Å². The molecule has 0 spiro atoms. The maximum atomic E-state index is 13.3. The molecule has 0 saturated carbocycles. The monoisotopic (exact) mass is 431 g/mol. The van der Waals surface area contributed by atoms with Crippen molar-refractivity contribution in [2.24, 2.45) is 0 Å². The Morgan fingerprint density at radius 2 is 2.11 bits per heavy atom. The van der Waals surface area contributed by atoms with Crippen LogP contribution in [0, 0.1) is 9.39 Å². The summed E-state index contributed by atoms with van der Waals surface area (Å²) in [6, 6.07) is 11.3. The fourth-order valence-electron chi connectivity index (χ4n) is 2.51. The quantitative estimate of drug-likeness (QED) is 0.604. The average Bonchev–Trinajstić information content (AvgIpc) is 2.38. The first kappa shape index (κ1) is 13.4. The van der Waals surface area contributed by atoms with Crippen LogP contribution in [0.25, 0.3) is 0 Å². The number of fused-ring (bicyclic) bond motifs is 1. The second kappa shape index (κ2) is 5.40. The van der Waals surface area contributed by atoms with Crippen LogP contribution in [0.15, 0.2) is 40.9 Å². The zero-order valence-electron chi connectivity index (χ0n) is 10.1. The Balaban J connectivity index is 1.94. The van der Waals surface area contributed by atoms with E-state index >= 15 is 0 Å². The summed E-state index contributed by atoms with van der Waals surface area (Å²) >= 11 is 5.93. The van der Waals surface area contributed by atoms with Crippen LogP contribution in [0.4, 0.5) is 10.1 Å². The summed E-state index contributed by atoms with van der Waals surface area (Å²) < 4.78 is 15.6. The Labute approximate surface area is 133 Å². The van der Waals surface area contributed by atoms with Crippen LogP contribution in [0.2, 0.25) is 0 Å². The second-order valence-corrected chi connectivity index (χ2v) is 6.81. The van der Waals surface area contributed by atoms with Gasteiger partial charge in [-0.05, 0) is 86.8 Å². The van der Waals surface area contributed by atoms with E-state index in [9.17, 15) is 4.39 Å². The van der Waals surface area contributed by atoms with Crippen molar-refractivity contribution >= 4 is 44.2 Å². The van der Waals surface area contributed by atoms with E-state index in [-0.39, 0.29) is 11.9 Å². The molecule has 1 unspecified atom stereocenters. The number of anilines is 1. The van der Waals surface area contributed by atoms with E-state index in [1.807, 2.05) is 6.07 Å². The molecule has 0 amide bonds. The molecule has 3 rings (SSSR count). The fraction of sp³-hybridized carbons (Fsp3) is 0.200. The summed E-state index contributed by atoms with van der Waals surface area (Å²) in [5.74, 6) is -0.174. The summed E-state index contributed by atoms with van der Waals surface area (Å²) in [5, 5.41) is 3.52. The van der Waals surface area contributed by atoms with Crippen molar-refractivity contribution in [3.63, 3.8) is 0 Å². The maximum Gasteiger partial charge on any atom is 0.123 e. The van der Waals surface area contributed by atoms with Gasteiger partial charge in [-0.25, -0.2) is 4.39 Å². The summed E-state index contributed by atoms with van der Waals surface area (Å²) in [5.41, 5.74) is 3.48. The Bertz CT molecular complexity index is 630. The van der Waals surface area contributed by atoms with Crippen molar-refractivity contribution in [1.29, 1.82) is 0 Å². The van der Waals surface area contributed by atoms with Gasteiger partial charge in [0, 0.05) is 8.04 Å². The first-order chi connectivity index (χ1) is 9.13. The van der Waals surface area contributed by atoms with Crippen molar-refractivity contribution < 1.29 is 4.39 Å². The molecule has 0 saturated heterocycles. The zero-order valence-corrected chi connectivity index (χ0v) is 13.8. The van der Waals surface area contributed by atoms with E-state index in [1.165, 1.54) is 15.2 Å². The summed E-state index contributed by atoms with van der Waals surface area (Å²) in [4.78, 5) is 0. The fourth-order valence-corrected chi connectivity index (χ4v) is 4.24. The van der Waals surface area contributed by atoms with E-state index in [1.54, 1.807) is 12.1 Å². The Morgan fingerprint density at radius 1 is 1.26 bits per heavy atom. The molecule has 19 heavy (non-hydrogen) atoms. The van der Waals surface area contributed by atoms with Crippen molar-refractivity contribution in [2.75, 3.05) is 5.32 Å². The van der Waals surface area contributed by atoms with E-state index < -0.39 is 0 Å². The molecule has 1 aliphatic heterocycles. The molecule has 2 aromatic rings. The van der Waals surface area contributed by atoms with E-state index in [2.05, 4.69) is 56.0 Å². The van der Waals surface area contributed by atoms with Crippen molar-refractivity contribution in [1.82, 2.24) is 0 Å². The van der Waals surface area contributed by atoms with Gasteiger partial charge in [0.2, 0.25) is 0 Å². The van der Waals surface area contributed by atoms with Crippen molar-refractivity contribution in [3.8, 4) is 0 Å². The third kappa shape index (κ3) is 2.79. The lowest BCUT2D eigenvalue weighted by Gasteiger charge is -2.28. The summed E-state index contributed by atoms with van der Waals surface area (Å²) in [7, 11) is 0. The molecule has 1 N–H and O–H groups in total. The molecule has 1 nitrogen and oxygen atoms in total. The van der Waals surface area contributed by atoms with E-state index in [0.29, 0.717) is 0 Å². The smallest absolute Gasteiger partial charge is 0.123 e. The van der Waals surface area contributed by atoms with Gasteiger partial charge in [0.1, 0.15) is 5.82 Å². The van der Waals surface area contributed by atoms with Gasteiger partial charge in [-0.3, -0.25) is 0 Å². The molecule has 2 aromatic carbocycles. The zero-order chi connectivity index (χ0) is 13.4. The van der Waals surface area contributed by atoms with Crippen LogP contribution in [0.3, 0.4) is 0 Å². The largest absolute Gasteiger partial charge is 0.377 e. The molecule has 0 radical (unpaired) electrons. The second-order valence-electron chi connectivity index (χ2n) is 4.71. The SMILES string of the molecule is Fc1cccc(C2CCc3cc(I)cc(Br)c3N2)c1. The summed E-state index contributed by atoms with van der Waals surface area (Å²) in [6.07, 6.45) is 2.00. The lowest BCUT2D eigenvalue weighted by atomic mass is 9.93. The highest BCUT2D eigenvalue weighted by Crippen LogP contribution is 2.38.